The Labute approximate surface area is 217 Å². The molecule has 3 aromatic carbocycles. The number of hydrogen-bond donors (Lipinski definition) is 1. The first-order chi connectivity index (χ1) is 15.7. The van der Waals surface area contributed by atoms with Crippen molar-refractivity contribution in [2.75, 3.05) is 6.61 Å². The van der Waals surface area contributed by atoms with Crippen LogP contribution < -0.4 is 14.9 Å². The molecule has 0 heterocycles. The summed E-state index contributed by atoms with van der Waals surface area (Å²) in [5, 5.41) is 4.68. The van der Waals surface area contributed by atoms with Gasteiger partial charge in [0.1, 0.15) is 5.75 Å². The molecular weight excluding hydrogens is 599 g/mol. The van der Waals surface area contributed by atoms with Crippen molar-refractivity contribution in [3.05, 3.63) is 90.3 Å². The van der Waals surface area contributed by atoms with E-state index < -0.39 is 11.9 Å². The predicted octanol–water partition coefficient (Wildman–Crippen LogP) is 6.58. The van der Waals surface area contributed by atoms with Gasteiger partial charge in [0, 0.05) is 15.1 Å². The summed E-state index contributed by atoms with van der Waals surface area (Å²) < 4.78 is 12.2. The van der Waals surface area contributed by atoms with E-state index in [4.69, 9.17) is 32.7 Å². The van der Waals surface area contributed by atoms with Gasteiger partial charge in [-0.15, -0.1) is 0 Å². The number of benzene rings is 3. The number of carbonyl (C=O) groups is 2. The lowest BCUT2D eigenvalue weighted by atomic mass is 10.1. The number of rotatable bonds is 7. The van der Waals surface area contributed by atoms with E-state index in [1.807, 2.05) is 13.0 Å². The number of halogens is 4. The third kappa shape index (κ3) is 7.30. The molecule has 33 heavy (non-hydrogen) atoms. The number of hydrogen-bond acceptors (Lipinski definition) is 5. The maximum Gasteiger partial charge on any atom is 0.343 e. The van der Waals surface area contributed by atoms with E-state index in [1.165, 1.54) is 12.3 Å². The Morgan fingerprint density at radius 2 is 1.88 bits per heavy atom. The van der Waals surface area contributed by atoms with Crippen LogP contribution in [0.4, 0.5) is 0 Å². The minimum absolute atomic E-state index is 0.256. The van der Waals surface area contributed by atoms with Crippen molar-refractivity contribution >= 4 is 73.2 Å². The van der Waals surface area contributed by atoms with Gasteiger partial charge in [-0.05, 0) is 65.3 Å². The molecule has 0 bridgehead atoms. The highest BCUT2D eigenvalue weighted by atomic mass is 79.9. The summed E-state index contributed by atoms with van der Waals surface area (Å²) in [6.45, 7) is 1.58. The molecule has 6 nitrogen and oxygen atoms in total. The fourth-order valence-corrected chi connectivity index (χ4v) is 4.45. The van der Waals surface area contributed by atoms with Crippen molar-refractivity contribution in [3.63, 3.8) is 0 Å². The number of aryl methyl sites for hydroxylation is 1. The van der Waals surface area contributed by atoms with Gasteiger partial charge in [0.05, 0.1) is 21.3 Å². The monoisotopic (exact) mass is 612 g/mol. The number of nitrogens with one attached hydrogen (secondary N) is 1. The van der Waals surface area contributed by atoms with Crippen molar-refractivity contribution in [2.45, 2.75) is 6.92 Å². The lowest BCUT2D eigenvalue weighted by Gasteiger charge is -2.11. The molecule has 0 aliphatic rings. The van der Waals surface area contributed by atoms with Crippen LogP contribution >= 0.6 is 55.1 Å². The number of carbonyl (C=O) groups excluding carboxylic acids is 2. The van der Waals surface area contributed by atoms with Gasteiger partial charge in [0.25, 0.3) is 5.91 Å². The molecule has 1 N–H and O–H groups in total. The van der Waals surface area contributed by atoms with Gasteiger partial charge in [-0.3, -0.25) is 4.79 Å². The second-order valence-electron chi connectivity index (χ2n) is 6.72. The van der Waals surface area contributed by atoms with Crippen LogP contribution in [0.3, 0.4) is 0 Å². The van der Waals surface area contributed by atoms with Crippen LogP contribution in [0.2, 0.25) is 10.0 Å². The van der Waals surface area contributed by atoms with Crippen LogP contribution in [0.25, 0.3) is 0 Å². The van der Waals surface area contributed by atoms with Crippen molar-refractivity contribution in [3.8, 4) is 11.5 Å². The quantitative estimate of drug-likeness (QED) is 0.141. The van der Waals surface area contributed by atoms with Crippen molar-refractivity contribution in [1.82, 2.24) is 5.43 Å². The van der Waals surface area contributed by atoms with Crippen molar-refractivity contribution < 1.29 is 19.1 Å². The molecule has 3 rings (SSSR count). The van der Waals surface area contributed by atoms with Crippen LogP contribution in [0.15, 0.2) is 68.6 Å². The Morgan fingerprint density at radius 1 is 1.09 bits per heavy atom. The van der Waals surface area contributed by atoms with Gasteiger partial charge >= 0.3 is 5.97 Å². The highest BCUT2D eigenvalue weighted by Gasteiger charge is 2.15. The smallest absolute Gasteiger partial charge is 0.343 e. The van der Waals surface area contributed by atoms with E-state index in [2.05, 4.69) is 42.4 Å². The Hall–Kier alpha value is -2.39. The topological polar surface area (TPSA) is 77.0 Å². The normalized spacial score (nSPS) is 10.8. The number of ether oxygens (including phenoxy) is 2. The first-order valence-corrected chi connectivity index (χ1v) is 11.7. The molecule has 0 aliphatic heterocycles. The van der Waals surface area contributed by atoms with E-state index in [-0.39, 0.29) is 17.4 Å². The van der Waals surface area contributed by atoms with Gasteiger partial charge in [-0.2, -0.15) is 5.10 Å². The summed E-state index contributed by atoms with van der Waals surface area (Å²) in [7, 11) is 0. The first-order valence-electron chi connectivity index (χ1n) is 9.40. The summed E-state index contributed by atoms with van der Waals surface area (Å²) >= 11 is 18.6. The molecule has 170 valence electrons. The third-order valence-corrected chi connectivity index (χ3v) is 5.71. The molecule has 0 spiro atoms. The number of hydrazone groups is 1. The lowest BCUT2D eigenvalue weighted by molar-refractivity contribution is -0.123. The minimum atomic E-state index is -0.520. The standard InChI is InChI=1S/C23H16Br2Cl2N2O4/c1-13-3-2-4-14(7-13)23(31)33-22-15(8-16(24)9-18(22)25)11-28-29-21(30)12-32-20-6-5-17(26)10-19(20)27/h2-11H,12H2,1H3,(H,29,30). The summed E-state index contributed by atoms with van der Waals surface area (Å²) in [4.78, 5) is 24.7. The van der Waals surface area contributed by atoms with Crippen LogP contribution in [-0.2, 0) is 4.79 Å². The van der Waals surface area contributed by atoms with Crippen LogP contribution in [0.5, 0.6) is 11.5 Å². The lowest BCUT2D eigenvalue weighted by Crippen LogP contribution is -2.24. The molecule has 0 fully saturated rings. The Kier molecular flexibility index (Phi) is 8.91. The fourth-order valence-electron chi connectivity index (χ4n) is 2.65. The Morgan fingerprint density at radius 3 is 2.61 bits per heavy atom. The minimum Gasteiger partial charge on any atom is -0.482 e. The van der Waals surface area contributed by atoms with Crippen molar-refractivity contribution in [2.24, 2.45) is 5.10 Å². The highest BCUT2D eigenvalue weighted by molar-refractivity contribution is 9.11. The maximum absolute atomic E-state index is 12.6. The molecule has 0 saturated carbocycles. The van der Waals surface area contributed by atoms with Crippen LogP contribution in [-0.4, -0.2) is 24.7 Å². The molecule has 0 atom stereocenters. The highest BCUT2D eigenvalue weighted by Crippen LogP contribution is 2.33. The van der Waals surface area contributed by atoms with E-state index in [0.717, 1.165) is 10.0 Å². The molecule has 0 aliphatic carbocycles. The van der Waals surface area contributed by atoms with E-state index in [9.17, 15) is 9.59 Å². The van der Waals surface area contributed by atoms with Gasteiger partial charge in [0.15, 0.2) is 12.4 Å². The Balaban J connectivity index is 1.68. The zero-order valence-corrected chi connectivity index (χ0v) is 21.8. The zero-order valence-electron chi connectivity index (χ0n) is 17.1. The van der Waals surface area contributed by atoms with E-state index in [1.54, 1.807) is 42.5 Å². The average molecular weight is 615 g/mol. The van der Waals surface area contributed by atoms with E-state index >= 15 is 0 Å². The molecule has 0 unspecified atom stereocenters. The molecule has 0 saturated heterocycles. The van der Waals surface area contributed by atoms with Gasteiger partial charge < -0.3 is 9.47 Å². The third-order valence-electron chi connectivity index (χ3n) is 4.13. The summed E-state index contributed by atoms with van der Waals surface area (Å²) in [5.74, 6) is -0.452. The SMILES string of the molecule is Cc1cccc(C(=O)Oc2c(Br)cc(Br)cc2C=NNC(=O)COc2ccc(Cl)cc2Cl)c1. The molecule has 10 heteroatoms. The molecular formula is C23H16Br2Cl2N2O4. The fraction of sp³-hybridized carbons (Fsp3) is 0.0870. The maximum atomic E-state index is 12.6. The van der Waals surface area contributed by atoms with Gasteiger partial charge in [-0.1, -0.05) is 56.8 Å². The van der Waals surface area contributed by atoms with Gasteiger partial charge in [0.2, 0.25) is 0 Å². The summed E-state index contributed by atoms with van der Waals surface area (Å²) in [6.07, 6.45) is 1.36. The summed E-state index contributed by atoms with van der Waals surface area (Å²) in [5.41, 5.74) is 4.17. The van der Waals surface area contributed by atoms with E-state index in [0.29, 0.717) is 26.4 Å². The second kappa shape index (κ2) is 11.7. The number of nitrogens with zero attached hydrogens (tertiary/aromatic N) is 1. The zero-order chi connectivity index (χ0) is 24.0. The predicted molar refractivity (Wildman–Crippen MR) is 136 cm³/mol. The van der Waals surface area contributed by atoms with Crippen LogP contribution in [0.1, 0.15) is 21.5 Å². The van der Waals surface area contributed by atoms with Crippen LogP contribution in [0, 0.1) is 6.92 Å². The molecule has 0 radical (unpaired) electrons. The number of esters is 1. The number of amides is 1. The Bertz CT molecular complexity index is 1240. The molecule has 0 aromatic heterocycles. The molecule has 3 aromatic rings. The first kappa shape index (κ1) is 25.2. The largest absolute Gasteiger partial charge is 0.482 e. The summed E-state index contributed by atoms with van der Waals surface area (Å²) in [6, 6.07) is 15.2. The van der Waals surface area contributed by atoms with Crippen molar-refractivity contribution in [1.29, 1.82) is 0 Å². The molecule has 1 amide bonds. The second-order valence-corrected chi connectivity index (χ2v) is 9.34. The van der Waals surface area contributed by atoms with Gasteiger partial charge in [-0.25, -0.2) is 10.2 Å². The average Bonchev–Trinajstić information content (AvgIpc) is 2.75.